The maximum absolute atomic E-state index is 5.73. The summed E-state index contributed by atoms with van der Waals surface area (Å²) in [4.78, 5) is 12.8. The molecule has 0 spiro atoms. The van der Waals surface area contributed by atoms with Crippen molar-refractivity contribution < 1.29 is 4.42 Å². The van der Waals surface area contributed by atoms with Gasteiger partial charge in [-0.1, -0.05) is 11.8 Å². The van der Waals surface area contributed by atoms with E-state index >= 15 is 0 Å². The zero-order valence-electron chi connectivity index (χ0n) is 15.7. The van der Waals surface area contributed by atoms with Crippen LogP contribution in [0.3, 0.4) is 0 Å². The molecule has 4 N–H and O–H groups in total. The van der Waals surface area contributed by atoms with Crippen LogP contribution in [0.25, 0.3) is 11.5 Å². The molecule has 0 amide bonds. The van der Waals surface area contributed by atoms with Crippen molar-refractivity contribution in [1.29, 1.82) is 0 Å². The van der Waals surface area contributed by atoms with Gasteiger partial charge in [0.1, 0.15) is 12.1 Å². The van der Waals surface area contributed by atoms with Crippen molar-refractivity contribution in [2.45, 2.75) is 24.8 Å². The monoisotopic (exact) mass is 398 g/mol. The topological polar surface area (TPSA) is 127 Å². The Labute approximate surface area is 167 Å². The molecule has 0 aliphatic rings. The summed E-state index contributed by atoms with van der Waals surface area (Å²) < 4.78 is 5.73. The molecule has 0 aliphatic heterocycles. The lowest BCUT2D eigenvalue weighted by Gasteiger charge is -2.12. The molecule has 0 saturated carbocycles. The molecular weight excluding hydrogens is 376 g/mol. The zero-order chi connectivity index (χ0) is 19.8. The first kappa shape index (κ1) is 19.6. The predicted octanol–water partition coefficient (Wildman–Crippen LogP) is 2.80. The highest BCUT2D eigenvalue weighted by atomic mass is 32.2. The Morgan fingerprint density at radius 3 is 2.79 bits per heavy atom. The number of anilines is 2. The highest BCUT2D eigenvalue weighted by Gasteiger charge is 2.12. The Balaban J connectivity index is 1.68. The number of benzene rings is 1. The van der Waals surface area contributed by atoms with Gasteiger partial charge in [-0.15, -0.1) is 10.2 Å². The quantitative estimate of drug-likeness (QED) is 0.238. The fraction of sp³-hybridized carbons (Fsp3) is 0.278. The van der Waals surface area contributed by atoms with E-state index < -0.39 is 0 Å². The molecule has 146 valence electrons. The third-order valence-electron chi connectivity index (χ3n) is 3.60. The minimum Gasteiger partial charge on any atom is -0.411 e. The Hall–Kier alpha value is -3.14. The SMILES string of the molecule is CCN=C(NCC)Nc1ncncc1CSc1nnc(-c2ccc(N)cc2)o1. The number of guanidine groups is 1. The summed E-state index contributed by atoms with van der Waals surface area (Å²) in [5.41, 5.74) is 8.12. The van der Waals surface area contributed by atoms with Gasteiger partial charge >= 0.3 is 0 Å². The van der Waals surface area contributed by atoms with Gasteiger partial charge in [0.05, 0.1) is 0 Å². The van der Waals surface area contributed by atoms with Crippen molar-refractivity contribution in [3.8, 4) is 11.5 Å². The highest BCUT2D eigenvalue weighted by molar-refractivity contribution is 7.98. The van der Waals surface area contributed by atoms with Crippen LogP contribution in [0.15, 0.2) is 51.4 Å². The third-order valence-corrected chi connectivity index (χ3v) is 4.47. The molecule has 2 aromatic heterocycles. The van der Waals surface area contributed by atoms with Gasteiger partial charge in [0.25, 0.3) is 5.22 Å². The fourth-order valence-electron chi connectivity index (χ4n) is 2.30. The van der Waals surface area contributed by atoms with Gasteiger partial charge in [0.2, 0.25) is 5.89 Å². The third kappa shape index (κ3) is 5.19. The second-order valence-electron chi connectivity index (χ2n) is 5.66. The van der Waals surface area contributed by atoms with Gasteiger partial charge in [-0.25, -0.2) is 9.97 Å². The molecule has 0 saturated heterocycles. The number of nitrogen functional groups attached to an aromatic ring is 1. The van der Waals surface area contributed by atoms with Crippen molar-refractivity contribution >= 4 is 29.2 Å². The Morgan fingerprint density at radius 1 is 1.21 bits per heavy atom. The number of thioether (sulfide) groups is 1. The summed E-state index contributed by atoms with van der Waals surface area (Å²) in [5.74, 6) is 2.39. The Bertz CT molecular complexity index is 925. The van der Waals surface area contributed by atoms with Gasteiger partial charge in [0, 0.05) is 41.9 Å². The van der Waals surface area contributed by atoms with Crippen molar-refractivity contribution in [3.63, 3.8) is 0 Å². The number of hydrogen-bond donors (Lipinski definition) is 3. The number of nitrogens with zero attached hydrogens (tertiary/aromatic N) is 5. The first-order valence-electron chi connectivity index (χ1n) is 8.86. The number of aliphatic imine (C=N–C) groups is 1. The molecule has 3 rings (SSSR count). The first-order valence-corrected chi connectivity index (χ1v) is 9.84. The van der Waals surface area contributed by atoms with Crippen LogP contribution in [-0.2, 0) is 5.75 Å². The van der Waals surface area contributed by atoms with E-state index in [1.165, 1.54) is 18.1 Å². The van der Waals surface area contributed by atoms with Crippen molar-refractivity contribution in [1.82, 2.24) is 25.5 Å². The minimum atomic E-state index is 0.453. The zero-order valence-corrected chi connectivity index (χ0v) is 16.5. The van der Waals surface area contributed by atoms with E-state index in [4.69, 9.17) is 10.2 Å². The highest BCUT2D eigenvalue weighted by Crippen LogP contribution is 2.27. The van der Waals surface area contributed by atoms with Gasteiger partial charge in [0.15, 0.2) is 5.96 Å². The van der Waals surface area contributed by atoms with Crippen LogP contribution in [-0.4, -0.2) is 39.2 Å². The first-order chi connectivity index (χ1) is 13.7. The van der Waals surface area contributed by atoms with Crippen LogP contribution < -0.4 is 16.4 Å². The van der Waals surface area contributed by atoms with Gasteiger partial charge < -0.3 is 20.8 Å². The average molecular weight is 398 g/mol. The molecule has 0 fully saturated rings. The molecule has 0 aliphatic carbocycles. The minimum absolute atomic E-state index is 0.453. The second-order valence-corrected chi connectivity index (χ2v) is 6.59. The second kappa shape index (κ2) is 9.70. The molecule has 1 aromatic carbocycles. The van der Waals surface area contributed by atoms with Crippen LogP contribution in [0, 0.1) is 0 Å². The lowest BCUT2D eigenvalue weighted by Crippen LogP contribution is -2.31. The molecule has 0 radical (unpaired) electrons. The maximum atomic E-state index is 5.73. The largest absolute Gasteiger partial charge is 0.411 e. The van der Waals surface area contributed by atoms with E-state index in [-0.39, 0.29) is 0 Å². The number of nitrogens with two attached hydrogens (primary N) is 1. The molecule has 9 nitrogen and oxygen atoms in total. The molecular formula is C18H22N8OS. The smallest absolute Gasteiger partial charge is 0.277 e. The van der Waals surface area contributed by atoms with Crippen LogP contribution in [0.4, 0.5) is 11.5 Å². The molecule has 0 bridgehead atoms. The van der Waals surface area contributed by atoms with Crippen molar-refractivity contribution in [2.75, 3.05) is 24.1 Å². The van der Waals surface area contributed by atoms with E-state index in [2.05, 4.69) is 35.8 Å². The van der Waals surface area contributed by atoms with Gasteiger partial charge in [-0.3, -0.25) is 4.99 Å². The van der Waals surface area contributed by atoms with Crippen molar-refractivity contribution in [2.24, 2.45) is 4.99 Å². The van der Waals surface area contributed by atoms with E-state index in [9.17, 15) is 0 Å². The van der Waals surface area contributed by atoms with Crippen molar-refractivity contribution in [3.05, 3.63) is 42.4 Å². The normalized spacial score (nSPS) is 11.4. The summed E-state index contributed by atoms with van der Waals surface area (Å²) in [7, 11) is 0. The van der Waals surface area contributed by atoms with Gasteiger partial charge in [-0.05, 0) is 38.1 Å². The predicted molar refractivity (Wildman–Crippen MR) is 111 cm³/mol. The van der Waals surface area contributed by atoms with Gasteiger partial charge in [-0.2, -0.15) is 0 Å². The van der Waals surface area contributed by atoms with E-state index in [1.54, 1.807) is 18.3 Å². The standard InChI is InChI=1S/C18H22N8OS/c1-3-21-17(22-4-2)24-15-13(9-20-11-23-15)10-28-18-26-25-16(27-18)12-5-7-14(19)8-6-12/h5-9,11H,3-4,10,19H2,1-2H3,(H2,20,21,22,23,24). The summed E-state index contributed by atoms with van der Waals surface area (Å²) in [5, 5.41) is 15.1. The van der Waals surface area contributed by atoms with E-state index in [0.717, 1.165) is 17.7 Å². The summed E-state index contributed by atoms with van der Waals surface area (Å²) >= 11 is 1.41. The molecule has 10 heteroatoms. The van der Waals surface area contributed by atoms with Crippen LogP contribution in [0.2, 0.25) is 0 Å². The van der Waals surface area contributed by atoms with E-state index in [0.29, 0.717) is 40.9 Å². The molecule has 2 heterocycles. The molecule has 28 heavy (non-hydrogen) atoms. The van der Waals surface area contributed by atoms with E-state index in [1.807, 2.05) is 26.0 Å². The number of rotatable bonds is 7. The van der Waals surface area contributed by atoms with Crippen LogP contribution in [0.5, 0.6) is 0 Å². The maximum Gasteiger partial charge on any atom is 0.277 e. The number of nitrogens with one attached hydrogen (secondary N) is 2. The molecule has 3 aromatic rings. The summed E-state index contributed by atoms with van der Waals surface area (Å²) in [6.07, 6.45) is 3.26. The summed E-state index contributed by atoms with van der Waals surface area (Å²) in [6, 6.07) is 7.29. The lowest BCUT2D eigenvalue weighted by molar-refractivity contribution is 0.466. The molecule has 0 unspecified atom stereocenters. The van der Waals surface area contributed by atoms with Crippen LogP contribution >= 0.6 is 11.8 Å². The number of aromatic nitrogens is 4. The molecule has 0 atom stereocenters. The Morgan fingerprint density at radius 2 is 2.04 bits per heavy atom. The lowest BCUT2D eigenvalue weighted by atomic mass is 10.2. The Kier molecular flexibility index (Phi) is 6.79. The number of hydrogen-bond acceptors (Lipinski definition) is 8. The average Bonchev–Trinajstić information content (AvgIpc) is 3.17. The fourth-order valence-corrected chi connectivity index (χ4v) is 3.03. The van der Waals surface area contributed by atoms with Crippen LogP contribution in [0.1, 0.15) is 19.4 Å². The summed E-state index contributed by atoms with van der Waals surface area (Å²) in [6.45, 7) is 5.42.